The molecule has 0 aliphatic carbocycles. The molecule has 0 aromatic heterocycles. The Kier molecular flexibility index (Phi) is 13.2. The summed E-state index contributed by atoms with van der Waals surface area (Å²) in [5.74, 6) is 1.80. The third-order valence-electron chi connectivity index (χ3n) is 4.95. The predicted octanol–water partition coefficient (Wildman–Crippen LogP) is 3.99. The first-order valence-electron chi connectivity index (χ1n) is 12.0. The van der Waals surface area contributed by atoms with Crippen LogP contribution in [0.2, 0.25) is 0 Å². The van der Waals surface area contributed by atoms with Gasteiger partial charge in [0.05, 0.1) is 26.6 Å². The highest BCUT2D eigenvalue weighted by molar-refractivity contribution is 5.84. The molecule has 2 aromatic carbocycles. The minimum Gasteiger partial charge on any atom is -0.493 e. The van der Waals surface area contributed by atoms with Crippen molar-refractivity contribution in [2.45, 2.75) is 25.7 Å². The number of hydrazone groups is 2. The van der Waals surface area contributed by atoms with E-state index in [2.05, 4.69) is 34.2 Å². The lowest BCUT2D eigenvalue weighted by Gasteiger charge is -2.09. The molecule has 10 nitrogen and oxygen atoms in total. The number of nitrogens with one attached hydrogen (secondary N) is 2. The number of carbonyl (C=O) groups is 2. The van der Waals surface area contributed by atoms with Gasteiger partial charge in [0.2, 0.25) is 11.8 Å². The van der Waals surface area contributed by atoms with E-state index < -0.39 is 0 Å². The fourth-order valence-electron chi connectivity index (χ4n) is 3.11. The molecule has 2 rings (SSSR count). The maximum Gasteiger partial charge on any atom is 0.240 e. The molecular weight excluding hydrogens is 488 g/mol. The number of rotatable bonds is 17. The average Bonchev–Trinajstić information content (AvgIpc) is 2.93. The van der Waals surface area contributed by atoms with Crippen LogP contribution >= 0.6 is 0 Å². The highest BCUT2D eigenvalue weighted by atomic mass is 16.5. The molecule has 10 heteroatoms. The Morgan fingerprint density at radius 3 is 1.53 bits per heavy atom. The number of amides is 2. The molecule has 0 saturated carbocycles. The molecule has 0 bridgehead atoms. The largest absolute Gasteiger partial charge is 0.493 e. The second-order valence-electron chi connectivity index (χ2n) is 7.81. The summed E-state index contributed by atoms with van der Waals surface area (Å²) in [6.45, 7) is 7.96. The third-order valence-corrected chi connectivity index (χ3v) is 4.95. The van der Waals surface area contributed by atoms with Gasteiger partial charge in [-0.3, -0.25) is 9.59 Å². The van der Waals surface area contributed by atoms with E-state index in [-0.39, 0.29) is 24.7 Å². The zero-order valence-corrected chi connectivity index (χ0v) is 21.8. The van der Waals surface area contributed by atoms with Crippen molar-refractivity contribution in [3.8, 4) is 23.0 Å². The van der Waals surface area contributed by atoms with Gasteiger partial charge in [0.15, 0.2) is 23.0 Å². The highest BCUT2D eigenvalue weighted by Gasteiger charge is 2.07. The van der Waals surface area contributed by atoms with Crippen molar-refractivity contribution < 1.29 is 28.5 Å². The van der Waals surface area contributed by atoms with E-state index in [1.54, 1.807) is 62.8 Å². The molecule has 202 valence electrons. The predicted molar refractivity (Wildman–Crippen MR) is 147 cm³/mol. The molecule has 0 fully saturated rings. The van der Waals surface area contributed by atoms with Gasteiger partial charge in [-0.2, -0.15) is 10.2 Å². The van der Waals surface area contributed by atoms with Gasteiger partial charge in [-0.15, -0.1) is 0 Å². The van der Waals surface area contributed by atoms with E-state index in [1.807, 2.05) is 0 Å². The first-order chi connectivity index (χ1) is 18.5. The van der Waals surface area contributed by atoms with Crippen molar-refractivity contribution in [2.75, 3.05) is 27.4 Å². The molecule has 0 heterocycles. The van der Waals surface area contributed by atoms with E-state index in [0.29, 0.717) is 49.1 Å². The number of benzene rings is 2. The van der Waals surface area contributed by atoms with E-state index in [4.69, 9.17) is 18.9 Å². The minimum atomic E-state index is -0.243. The van der Waals surface area contributed by atoms with Crippen LogP contribution in [0.5, 0.6) is 23.0 Å². The topological polar surface area (TPSA) is 120 Å². The molecule has 2 N–H and O–H groups in total. The number of hydrogen-bond acceptors (Lipinski definition) is 8. The van der Waals surface area contributed by atoms with Crippen molar-refractivity contribution in [3.05, 3.63) is 72.8 Å². The zero-order valence-electron chi connectivity index (χ0n) is 21.8. The number of hydrogen-bond donors (Lipinski definition) is 2. The lowest BCUT2D eigenvalue weighted by atomic mass is 10.2. The summed E-state index contributed by atoms with van der Waals surface area (Å²) in [5, 5.41) is 7.94. The van der Waals surface area contributed by atoms with Crippen molar-refractivity contribution >= 4 is 24.2 Å². The van der Waals surface area contributed by atoms with E-state index in [0.717, 1.165) is 11.1 Å². The van der Waals surface area contributed by atoms with Crippen LogP contribution in [-0.4, -0.2) is 51.7 Å². The fraction of sp³-hybridized carbons (Fsp3) is 0.286. The maximum absolute atomic E-state index is 12.0. The summed E-state index contributed by atoms with van der Waals surface area (Å²) in [6.07, 6.45) is 7.87. The molecule has 2 aromatic rings. The Labute approximate surface area is 223 Å². The van der Waals surface area contributed by atoms with Crippen molar-refractivity contribution in [2.24, 2.45) is 10.2 Å². The number of carbonyl (C=O) groups excluding carboxylic acids is 2. The molecule has 0 saturated heterocycles. The Bertz CT molecular complexity index is 1060. The van der Waals surface area contributed by atoms with E-state index in [1.165, 1.54) is 12.4 Å². The van der Waals surface area contributed by atoms with Crippen molar-refractivity contribution in [1.82, 2.24) is 10.9 Å². The Morgan fingerprint density at radius 2 is 1.16 bits per heavy atom. The van der Waals surface area contributed by atoms with E-state index >= 15 is 0 Å². The summed E-state index contributed by atoms with van der Waals surface area (Å²) in [6, 6.07) is 10.6. The van der Waals surface area contributed by atoms with Gasteiger partial charge in [-0.1, -0.05) is 25.3 Å². The first kappa shape index (κ1) is 29.6. The van der Waals surface area contributed by atoms with Gasteiger partial charge in [0.1, 0.15) is 13.2 Å². The molecular formula is C28H34N4O6. The van der Waals surface area contributed by atoms with Crippen LogP contribution in [0, 0.1) is 0 Å². The van der Waals surface area contributed by atoms with Gasteiger partial charge in [0, 0.05) is 12.8 Å². The van der Waals surface area contributed by atoms with Gasteiger partial charge >= 0.3 is 0 Å². The van der Waals surface area contributed by atoms with Crippen LogP contribution in [0.15, 0.2) is 71.9 Å². The van der Waals surface area contributed by atoms with Crippen LogP contribution in [0.3, 0.4) is 0 Å². The standard InChI is InChI=1S/C28H34N4O6/c1-5-15-37-23-13-11-21(17-25(23)35-3)19-29-31-27(33)9-7-8-10-28(34)32-30-20-22-12-14-24(38-16-6-2)26(18-22)36-4/h5-6,11-14,17-20H,1-2,7-10,15-16H2,3-4H3,(H,31,33)(H,32,34)/b29-19-,30-20-. The number of nitrogens with zero attached hydrogens (tertiary/aromatic N) is 2. The molecule has 0 radical (unpaired) electrons. The summed E-state index contributed by atoms with van der Waals surface area (Å²) < 4.78 is 21.6. The van der Waals surface area contributed by atoms with Crippen LogP contribution in [-0.2, 0) is 9.59 Å². The highest BCUT2D eigenvalue weighted by Crippen LogP contribution is 2.28. The monoisotopic (exact) mass is 522 g/mol. The molecule has 0 unspecified atom stereocenters. The molecule has 0 aliphatic rings. The van der Waals surface area contributed by atoms with Crippen LogP contribution in [0.4, 0.5) is 0 Å². The first-order valence-corrected chi connectivity index (χ1v) is 12.0. The molecule has 0 atom stereocenters. The summed E-state index contributed by atoms with van der Waals surface area (Å²) >= 11 is 0. The van der Waals surface area contributed by atoms with Gasteiger partial charge in [0.25, 0.3) is 0 Å². The number of methoxy groups -OCH3 is 2. The number of unbranched alkanes of at least 4 members (excludes halogenated alkanes) is 1. The summed E-state index contributed by atoms with van der Waals surface area (Å²) in [7, 11) is 3.09. The molecule has 2 amide bonds. The third kappa shape index (κ3) is 10.6. The SMILES string of the molecule is C=CCOc1ccc(/C=N\NC(=O)CCCCC(=O)N/N=C\c2ccc(OCC=C)c(OC)c2)cc1OC. The summed E-state index contributed by atoms with van der Waals surface area (Å²) in [4.78, 5) is 24.0. The van der Waals surface area contributed by atoms with Gasteiger partial charge < -0.3 is 18.9 Å². The van der Waals surface area contributed by atoms with Gasteiger partial charge in [-0.25, -0.2) is 10.9 Å². The normalized spacial score (nSPS) is 10.7. The molecule has 0 spiro atoms. The zero-order chi connectivity index (χ0) is 27.6. The lowest BCUT2D eigenvalue weighted by molar-refractivity contribution is -0.123. The Balaban J connectivity index is 1.68. The minimum absolute atomic E-state index is 0.242. The Hall–Kier alpha value is -4.60. The second-order valence-corrected chi connectivity index (χ2v) is 7.81. The molecule has 38 heavy (non-hydrogen) atoms. The Morgan fingerprint density at radius 1 is 0.737 bits per heavy atom. The van der Waals surface area contributed by atoms with Crippen LogP contribution < -0.4 is 29.8 Å². The van der Waals surface area contributed by atoms with Crippen LogP contribution in [0.25, 0.3) is 0 Å². The average molecular weight is 523 g/mol. The molecule has 0 aliphatic heterocycles. The fourth-order valence-corrected chi connectivity index (χ4v) is 3.11. The maximum atomic E-state index is 12.0. The van der Waals surface area contributed by atoms with Crippen molar-refractivity contribution in [3.63, 3.8) is 0 Å². The van der Waals surface area contributed by atoms with E-state index in [9.17, 15) is 9.59 Å². The smallest absolute Gasteiger partial charge is 0.240 e. The van der Waals surface area contributed by atoms with Crippen LogP contribution in [0.1, 0.15) is 36.8 Å². The summed E-state index contributed by atoms with van der Waals surface area (Å²) in [5.41, 5.74) is 6.43. The number of ether oxygens (including phenoxy) is 4. The van der Waals surface area contributed by atoms with Gasteiger partial charge in [-0.05, 0) is 60.4 Å². The lowest BCUT2D eigenvalue weighted by Crippen LogP contribution is -2.19. The second kappa shape index (κ2) is 17.0. The van der Waals surface area contributed by atoms with Crippen molar-refractivity contribution in [1.29, 1.82) is 0 Å². The quantitative estimate of drug-likeness (QED) is 0.140.